The lowest BCUT2D eigenvalue weighted by atomic mass is 9.87. The summed E-state index contributed by atoms with van der Waals surface area (Å²) in [4.78, 5) is 0. The smallest absolute Gasteiger partial charge is 0.0273 e. The highest BCUT2D eigenvalue weighted by molar-refractivity contribution is 5.40. The molecule has 0 fully saturated rings. The third-order valence-electron chi connectivity index (χ3n) is 14.7. The van der Waals surface area contributed by atoms with Crippen molar-refractivity contribution >= 4 is 0 Å². The van der Waals surface area contributed by atoms with Gasteiger partial charge in [0, 0.05) is 0 Å². The summed E-state index contributed by atoms with van der Waals surface area (Å²) >= 11 is 0. The van der Waals surface area contributed by atoms with Crippen molar-refractivity contribution < 1.29 is 0 Å². The van der Waals surface area contributed by atoms with Crippen molar-refractivity contribution in [2.24, 2.45) is 0 Å². The van der Waals surface area contributed by atoms with Gasteiger partial charge in [-0.2, -0.15) is 0 Å². The maximum Gasteiger partial charge on any atom is -0.0273 e. The average molecular weight is 863 g/mol. The van der Waals surface area contributed by atoms with Crippen LogP contribution in [0.1, 0.15) is 351 Å². The second kappa shape index (κ2) is 49.6. The quantitative estimate of drug-likeness (QED) is 0.0573. The Morgan fingerprint density at radius 1 is 0.242 bits per heavy atom. The fraction of sp³-hybridized carbons (Fsp3) is 0.887. The minimum atomic E-state index is 0.942. The topological polar surface area (TPSA) is 0 Å². The fourth-order valence-corrected chi connectivity index (χ4v) is 10.4. The Labute approximate surface area is 394 Å². The van der Waals surface area contributed by atoms with Gasteiger partial charge >= 0.3 is 0 Å². The Balaban J connectivity index is 2.42. The van der Waals surface area contributed by atoms with E-state index < -0.39 is 0 Å². The van der Waals surface area contributed by atoms with Crippen LogP contribution in [0.4, 0.5) is 0 Å². The van der Waals surface area contributed by atoms with Gasteiger partial charge in [0.1, 0.15) is 0 Å². The molecule has 0 aliphatic rings. The predicted molar refractivity (Wildman–Crippen MR) is 285 cm³/mol. The van der Waals surface area contributed by atoms with Crippen molar-refractivity contribution in [3.63, 3.8) is 0 Å². The van der Waals surface area contributed by atoms with Crippen molar-refractivity contribution in [3.8, 4) is 0 Å². The van der Waals surface area contributed by atoms with Gasteiger partial charge in [0.2, 0.25) is 0 Å². The Bertz CT molecular complexity index is 931. The van der Waals surface area contributed by atoms with Crippen molar-refractivity contribution in [1.29, 1.82) is 0 Å². The molecule has 1 aromatic carbocycles. The van der Waals surface area contributed by atoms with E-state index in [4.69, 9.17) is 0 Å². The molecule has 0 bridgehead atoms. The molecule has 0 heteroatoms. The van der Waals surface area contributed by atoms with Gasteiger partial charge < -0.3 is 0 Å². The number of unbranched alkanes of at least 4 members (excludes halogenated alkanes) is 45. The average Bonchev–Trinajstić information content (AvgIpc) is 3.28. The lowest BCUT2D eigenvalue weighted by Crippen LogP contribution is -2.04. The van der Waals surface area contributed by atoms with Crippen LogP contribution in [-0.4, -0.2) is 0 Å². The summed E-state index contributed by atoms with van der Waals surface area (Å²) in [6.07, 6.45) is 74.4. The number of hydrogen-bond acceptors (Lipinski definition) is 0. The normalized spacial score (nSPS) is 11.7. The summed E-state index contributed by atoms with van der Waals surface area (Å²) in [5.41, 5.74) is 6.70. The van der Waals surface area contributed by atoms with E-state index in [-0.39, 0.29) is 0 Å². The second-order valence-corrected chi connectivity index (χ2v) is 20.8. The molecule has 0 aliphatic heterocycles. The second-order valence-electron chi connectivity index (χ2n) is 20.8. The van der Waals surface area contributed by atoms with E-state index in [2.05, 4.69) is 39.8 Å². The van der Waals surface area contributed by atoms with Crippen LogP contribution >= 0.6 is 0 Å². The van der Waals surface area contributed by atoms with Crippen LogP contribution in [-0.2, 0) is 25.7 Å². The van der Waals surface area contributed by atoms with E-state index in [0.29, 0.717) is 0 Å². The van der Waals surface area contributed by atoms with E-state index in [1.54, 1.807) is 16.7 Å². The molecule has 0 spiro atoms. The largest absolute Gasteiger partial charge is 0.0654 e. The Morgan fingerprint density at radius 3 is 0.613 bits per heavy atom. The van der Waals surface area contributed by atoms with Crippen LogP contribution in [0.2, 0.25) is 0 Å². The third-order valence-corrected chi connectivity index (χ3v) is 14.7. The van der Waals surface area contributed by atoms with E-state index in [0.717, 1.165) is 6.42 Å². The summed E-state index contributed by atoms with van der Waals surface area (Å²) in [5, 5.41) is 0. The molecule has 0 heterocycles. The molecule has 0 saturated carbocycles. The van der Waals surface area contributed by atoms with Gasteiger partial charge in [0.15, 0.2) is 0 Å². The van der Waals surface area contributed by atoms with E-state index in [1.165, 1.54) is 333 Å². The van der Waals surface area contributed by atoms with Crippen molar-refractivity contribution in [2.75, 3.05) is 0 Å². The first kappa shape index (κ1) is 59.2. The molecule has 1 rings (SSSR count). The van der Waals surface area contributed by atoms with Gasteiger partial charge in [-0.25, -0.2) is 0 Å². The standard InChI is InChI=1S/C62H117/c1-5-9-12-15-18-21-24-27-30-33-36-39-42-45-48-51-54-60-57-59(8-4)58-61(55-52-49-46-43-40-37-34-31-28-25-22-19-16-13-10-6-2)62(60)56-53-50-47-44-41-38-35-32-29-26-23-20-17-14-11-7-3/h57-58H,4-56H2,1-3H3. The van der Waals surface area contributed by atoms with Crippen molar-refractivity contribution in [1.82, 2.24) is 0 Å². The highest BCUT2D eigenvalue weighted by Crippen LogP contribution is 2.26. The Morgan fingerprint density at radius 2 is 0.419 bits per heavy atom. The molecule has 1 aromatic rings. The minimum Gasteiger partial charge on any atom is -0.0654 e. The monoisotopic (exact) mass is 862 g/mol. The molecule has 0 saturated heterocycles. The van der Waals surface area contributed by atoms with Crippen LogP contribution in [0.3, 0.4) is 0 Å². The van der Waals surface area contributed by atoms with E-state index in [9.17, 15) is 0 Å². The molecular weight excluding hydrogens is 745 g/mol. The van der Waals surface area contributed by atoms with Gasteiger partial charge in [-0.3, -0.25) is 0 Å². The highest BCUT2D eigenvalue weighted by Gasteiger charge is 2.12. The summed E-state index contributed by atoms with van der Waals surface area (Å²) < 4.78 is 0. The molecule has 0 N–H and O–H groups in total. The summed E-state index contributed by atoms with van der Waals surface area (Å²) in [5.74, 6) is 0. The van der Waals surface area contributed by atoms with Crippen LogP contribution < -0.4 is 0 Å². The molecule has 0 amide bonds. The van der Waals surface area contributed by atoms with Gasteiger partial charge in [0.25, 0.3) is 0 Å². The zero-order chi connectivity index (χ0) is 44.5. The van der Waals surface area contributed by atoms with E-state index in [1.807, 2.05) is 0 Å². The number of aryl methyl sites for hydroxylation is 2. The van der Waals surface area contributed by atoms with Crippen LogP contribution in [0.15, 0.2) is 12.1 Å². The molecule has 0 unspecified atom stereocenters. The lowest BCUT2D eigenvalue weighted by Gasteiger charge is -2.18. The maximum atomic E-state index is 4.37. The molecule has 365 valence electrons. The Hall–Kier alpha value is -0.780. The molecular formula is C62H117. The summed E-state index contributed by atoms with van der Waals surface area (Å²) in [7, 11) is 0. The van der Waals surface area contributed by atoms with Crippen LogP contribution in [0, 0.1) is 6.92 Å². The van der Waals surface area contributed by atoms with Gasteiger partial charge in [0.05, 0.1) is 0 Å². The maximum absolute atomic E-state index is 4.37. The SMILES string of the molecule is [CH2]Cc1cc(CCCCCCCCCCCCCCCCCC)c(CCCCCCCCCCCCCCCCCC)c(CCCCCCCCCCCCCCCCCC)c1. The van der Waals surface area contributed by atoms with Gasteiger partial charge in [-0.15, -0.1) is 0 Å². The molecule has 0 atom stereocenters. The molecule has 1 radical (unpaired) electrons. The molecule has 0 aromatic heterocycles. The first-order valence-corrected chi connectivity index (χ1v) is 29.7. The highest BCUT2D eigenvalue weighted by atomic mass is 14.2. The first-order chi connectivity index (χ1) is 30.8. The first-order valence-electron chi connectivity index (χ1n) is 29.7. The number of hydrogen-bond donors (Lipinski definition) is 0. The zero-order valence-electron chi connectivity index (χ0n) is 43.6. The predicted octanol–water partition coefficient (Wildman–Crippen LogP) is 22.5. The number of benzene rings is 1. The lowest BCUT2D eigenvalue weighted by molar-refractivity contribution is 0.527. The minimum absolute atomic E-state index is 0.942. The zero-order valence-corrected chi connectivity index (χ0v) is 43.6. The van der Waals surface area contributed by atoms with Gasteiger partial charge in [-0.1, -0.05) is 322 Å². The molecule has 0 nitrogen and oxygen atoms in total. The molecule has 0 aliphatic carbocycles. The van der Waals surface area contributed by atoms with Gasteiger partial charge in [-0.05, 0) is 74.1 Å². The molecule has 62 heavy (non-hydrogen) atoms. The van der Waals surface area contributed by atoms with Crippen molar-refractivity contribution in [2.45, 2.75) is 355 Å². The Kier molecular flexibility index (Phi) is 47.4. The fourth-order valence-electron chi connectivity index (χ4n) is 10.4. The van der Waals surface area contributed by atoms with Crippen LogP contribution in [0.25, 0.3) is 0 Å². The summed E-state index contributed by atoms with van der Waals surface area (Å²) in [6, 6.07) is 5.19. The summed E-state index contributed by atoms with van der Waals surface area (Å²) in [6.45, 7) is 11.3. The van der Waals surface area contributed by atoms with Crippen LogP contribution in [0.5, 0.6) is 0 Å². The number of rotatable bonds is 52. The third kappa shape index (κ3) is 39.6. The van der Waals surface area contributed by atoms with E-state index >= 15 is 0 Å². The van der Waals surface area contributed by atoms with Crippen molar-refractivity contribution in [3.05, 3.63) is 41.3 Å².